The summed E-state index contributed by atoms with van der Waals surface area (Å²) in [4.78, 5) is 29.8. The van der Waals surface area contributed by atoms with Crippen LogP contribution in [0.15, 0.2) is 58.5 Å². The van der Waals surface area contributed by atoms with Crippen molar-refractivity contribution in [3.05, 3.63) is 62.5 Å². The van der Waals surface area contributed by atoms with Gasteiger partial charge >= 0.3 is 5.97 Å². The van der Waals surface area contributed by atoms with Crippen LogP contribution >= 0.6 is 34.4 Å². The van der Waals surface area contributed by atoms with Crippen molar-refractivity contribution in [2.75, 3.05) is 6.61 Å². The summed E-state index contributed by atoms with van der Waals surface area (Å²) in [7, 11) is 0. The third-order valence-electron chi connectivity index (χ3n) is 3.71. The highest BCUT2D eigenvalue weighted by atomic mass is 127. The lowest BCUT2D eigenvalue weighted by Gasteiger charge is -2.16. The third kappa shape index (κ3) is 3.93. The minimum atomic E-state index is -0.474. The van der Waals surface area contributed by atoms with Gasteiger partial charge in [0.05, 0.1) is 23.2 Å². The molecule has 0 unspecified atom stereocenters. The molecule has 0 fully saturated rings. The summed E-state index contributed by atoms with van der Waals surface area (Å²) >= 11 is 3.40. The highest BCUT2D eigenvalue weighted by Gasteiger charge is 2.21. The molecule has 0 aliphatic heterocycles. The van der Waals surface area contributed by atoms with Crippen LogP contribution in [0.25, 0.3) is 16.6 Å². The van der Waals surface area contributed by atoms with Crippen LogP contribution in [0.2, 0.25) is 0 Å². The molecule has 7 heteroatoms. The molecule has 0 aliphatic carbocycles. The molecule has 0 radical (unpaired) electrons. The number of rotatable bonds is 5. The Labute approximate surface area is 168 Å². The molecule has 1 atom stereocenters. The number of carbonyl (C=O) groups is 1. The van der Waals surface area contributed by atoms with Crippen LogP contribution < -0.4 is 5.56 Å². The van der Waals surface area contributed by atoms with E-state index in [9.17, 15) is 9.59 Å². The lowest BCUT2D eigenvalue weighted by atomic mass is 10.2. The quantitative estimate of drug-likeness (QED) is 0.239. The summed E-state index contributed by atoms with van der Waals surface area (Å²) in [5.74, 6) is -0.325. The molecule has 1 aromatic heterocycles. The zero-order valence-corrected chi connectivity index (χ0v) is 17.3. The molecule has 0 N–H and O–H groups in total. The number of ether oxygens (including phenoxy) is 1. The van der Waals surface area contributed by atoms with Crippen LogP contribution in [0, 0.1) is 3.57 Å². The highest BCUT2D eigenvalue weighted by Crippen LogP contribution is 2.26. The second kappa shape index (κ2) is 8.22. The van der Waals surface area contributed by atoms with Gasteiger partial charge in [-0.2, -0.15) is 0 Å². The van der Waals surface area contributed by atoms with Crippen molar-refractivity contribution in [2.24, 2.45) is 0 Å². The summed E-state index contributed by atoms with van der Waals surface area (Å²) in [5, 5.41) is 0.544. The maximum absolute atomic E-state index is 13.2. The molecule has 0 spiro atoms. The van der Waals surface area contributed by atoms with E-state index < -0.39 is 5.25 Å². The maximum Gasteiger partial charge on any atom is 0.319 e. The van der Waals surface area contributed by atoms with Crippen LogP contribution in [0.1, 0.15) is 13.8 Å². The topological polar surface area (TPSA) is 61.2 Å². The summed E-state index contributed by atoms with van der Waals surface area (Å²) in [5.41, 5.74) is 1.17. The van der Waals surface area contributed by atoms with Crippen molar-refractivity contribution in [3.8, 4) is 5.69 Å². The van der Waals surface area contributed by atoms with E-state index >= 15 is 0 Å². The first-order valence-electron chi connectivity index (χ1n) is 8.12. The van der Waals surface area contributed by atoms with Gasteiger partial charge in [0, 0.05) is 3.57 Å². The van der Waals surface area contributed by atoms with Crippen molar-refractivity contribution in [1.82, 2.24) is 9.55 Å². The SMILES string of the molecule is CCOC(=O)[C@H](C)Sc1nc2ccc(I)cc2c(=O)n1-c1ccccc1. The normalized spacial score (nSPS) is 12.1. The van der Waals surface area contributed by atoms with Gasteiger partial charge in [-0.3, -0.25) is 14.2 Å². The number of esters is 1. The van der Waals surface area contributed by atoms with Gasteiger partial charge in [-0.1, -0.05) is 30.0 Å². The Balaban J connectivity index is 2.18. The number of aromatic nitrogens is 2. The average Bonchev–Trinajstić information content (AvgIpc) is 2.63. The first-order valence-corrected chi connectivity index (χ1v) is 10.1. The Bertz CT molecular complexity index is 1000. The minimum absolute atomic E-state index is 0.154. The predicted molar refractivity (Wildman–Crippen MR) is 112 cm³/mol. The van der Waals surface area contributed by atoms with E-state index in [1.54, 1.807) is 18.4 Å². The Morgan fingerprint density at radius 3 is 2.69 bits per heavy atom. The largest absolute Gasteiger partial charge is 0.465 e. The zero-order chi connectivity index (χ0) is 18.7. The van der Waals surface area contributed by atoms with E-state index in [4.69, 9.17) is 4.74 Å². The van der Waals surface area contributed by atoms with Gasteiger partial charge in [0.1, 0.15) is 5.25 Å². The summed E-state index contributed by atoms with van der Waals surface area (Å²) < 4.78 is 7.60. The fraction of sp³-hybridized carbons (Fsp3) is 0.211. The number of hydrogen-bond donors (Lipinski definition) is 0. The molecule has 0 saturated carbocycles. The lowest BCUT2D eigenvalue weighted by molar-refractivity contribution is -0.142. The second-order valence-corrected chi connectivity index (χ2v) is 8.10. The number of para-hydroxylation sites is 1. The van der Waals surface area contributed by atoms with E-state index in [0.717, 1.165) is 3.57 Å². The molecular weight excluding hydrogens is 463 g/mol. The van der Waals surface area contributed by atoms with Gasteiger partial charge in [-0.15, -0.1) is 0 Å². The molecule has 0 saturated heterocycles. The van der Waals surface area contributed by atoms with Gasteiger partial charge in [-0.25, -0.2) is 4.98 Å². The van der Waals surface area contributed by atoms with E-state index in [2.05, 4.69) is 27.6 Å². The van der Waals surface area contributed by atoms with Crippen LogP contribution in [0.3, 0.4) is 0 Å². The van der Waals surface area contributed by atoms with Crippen LogP contribution in [-0.4, -0.2) is 27.4 Å². The van der Waals surface area contributed by atoms with E-state index in [0.29, 0.717) is 28.4 Å². The van der Waals surface area contributed by atoms with E-state index in [-0.39, 0.29) is 11.5 Å². The molecule has 3 aromatic rings. The molecule has 1 heterocycles. The van der Waals surface area contributed by atoms with Gasteiger partial charge in [-0.05, 0) is 66.8 Å². The number of thioether (sulfide) groups is 1. The monoisotopic (exact) mass is 480 g/mol. The second-order valence-electron chi connectivity index (χ2n) is 5.54. The fourth-order valence-corrected chi connectivity index (χ4v) is 3.90. The van der Waals surface area contributed by atoms with Crippen LogP contribution in [0.5, 0.6) is 0 Å². The standard InChI is InChI=1S/C19H17IN2O3S/c1-3-25-18(24)12(2)26-19-21-16-10-9-13(20)11-15(16)17(23)22(19)14-7-5-4-6-8-14/h4-12H,3H2,1-2H3/t12-/m0/s1. The molecular formula is C19H17IN2O3S. The predicted octanol–water partition coefficient (Wildman–Crippen LogP) is 4.03. The molecule has 5 nitrogen and oxygen atoms in total. The molecule has 0 aliphatic rings. The Morgan fingerprint density at radius 2 is 2.00 bits per heavy atom. The summed E-state index contributed by atoms with van der Waals surface area (Å²) in [6, 6.07) is 14.9. The van der Waals surface area contributed by atoms with Gasteiger partial charge in [0.2, 0.25) is 0 Å². The molecule has 134 valence electrons. The number of carbonyl (C=O) groups excluding carboxylic acids is 1. The number of benzene rings is 2. The lowest BCUT2D eigenvalue weighted by Crippen LogP contribution is -2.24. The number of hydrogen-bond acceptors (Lipinski definition) is 5. The molecule has 26 heavy (non-hydrogen) atoms. The van der Waals surface area contributed by atoms with Crippen molar-refractivity contribution >= 4 is 51.2 Å². The van der Waals surface area contributed by atoms with Crippen molar-refractivity contribution in [1.29, 1.82) is 0 Å². The summed E-state index contributed by atoms with van der Waals surface area (Å²) in [6.45, 7) is 3.84. The number of nitrogens with zero attached hydrogens (tertiary/aromatic N) is 2. The van der Waals surface area contributed by atoms with Gasteiger partial charge < -0.3 is 4.74 Å². The molecule has 0 bridgehead atoms. The average molecular weight is 480 g/mol. The Hall–Kier alpha value is -1.87. The molecule has 3 rings (SSSR count). The first-order chi connectivity index (χ1) is 12.5. The third-order valence-corrected chi connectivity index (χ3v) is 5.42. The first kappa shape index (κ1) is 18.9. The minimum Gasteiger partial charge on any atom is -0.465 e. The highest BCUT2D eigenvalue weighted by molar-refractivity contribution is 14.1. The van der Waals surface area contributed by atoms with Crippen LogP contribution in [0.4, 0.5) is 0 Å². The van der Waals surface area contributed by atoms with Crippen molar-refractivity contribution < 1.29 is 9.53 Å². The van der Waals surface area contributed by atoms with Gasteiger partial charge in [0.25, 0.3) is 5.56 Å². The van der Waals surface area contributed by atoms with Crippen molar-refractivity contribution in [2.45, 2.75) is 24.3 Å². The molecule has 0 amide bonds. The van der Waals surface area contributed by atoms with E-state index in [1.165, 1.54) is 11.8 Å². The molecule has 2 aromatic carbocycles. The smallest absolute Gasteiger partial charge is 0.319 e. The van der Waals surface area contributed by atoms with Crippen LogP contribution in [-0.2, 0) is 9.53 Å². The Kier molecular flexibility index (Phi) is 5.98. The van der Waals surface area contributed by atoms with Crippen molar-refractivity contribution in [3.63, 3.8) is 0 Å². The van der Waals surface area contributed by atoms with E-state index in [1.807, 2.05) is 48.5 Å². The van der Waals surface area contributed by atoms with Gasteiger partial charge in [0.15, 0.2) is 5.16 Å². The zero-order valence-electron chi connectivity index (χ0n) is 14.3. The summed E-state index contributed by atoms with van der Waals surface area (Å²) in [6.07, 6.45) is 0. The fourth-order valence-electron chi connectivity index (χ4n) is 2.49. The maximum atomic E-state index is 13.2. The Morgan fingerprint density at radius 1 is 1.27 bits per heavy atom. The number of halogens is 1. The number of fused-ring (bicyclic) bond motifs is 1.